The topological polar surface area (TPSA) is 34.1 Å². The summed E-state index contributed by atoms with van der Waals surface area (Å²) in [5.74, 6) is 0.604. The van der Waals surface area contributed by atoms with E-state index in [1.807, 2.05) is 0 Å². The summed E-state index contributed by atoms with van der Waals surface area (Å²) in [4.78, 5) is 4.56. The van der Waals surface area contributed by atoms with Gasteiger partial charge in [0, 0.05) is 23.7 Å². The van der Waals surface area contributed by atoms with Gasteiger partial charge >= 0.3 is 0 Å². The van der Waals surface area contributed by atoms with Crippen LogP contribution in [-0.2, 0) is 4.74 Å². The molecule has 1 aliphatic heterocycles. The van der Waals surface area contributed by atoms with Gasteiger partial charge in [-0.25, -0.2) is 4.98 Å². The number of aromatic nitrogens is 1. The molecule has 1 fully saturated rings. The minimum atomic E-state index is 0.347. The maximum Gasteiger partial charge on any atom is 0.110 e. The first-order valence-corrected chi connectivity index (χ1v) is 7.74. The maximum atomic E-state index is 5.81. The summed E-state index contributed by atoms with van der Waals surface area (Å²) in [6, 6.07) is 0.907. The molecule has 0 saturated carbocycles. The second-order valence-electron chi connectivity index (χ2n) is 5.59. The number of rotatable bonds is 4. The van der Waals surface area contributed by atoms with Crippen LogP contribution in [0.5, 0.6) is 0 Å². The van der Waals surface area contributed by atoms with Crippen LogP contribution in [0.1, 0.15) is 50.4 Å². The highest BCUT2D eigenvalue weighted by Gasteiger charge is 2.26. The molecular weight excluding hydrogens is 244 g/mol. The van der Waals surface area contributed by atoms with Gasteiger partial charge in [0.25, 0.3) is 0 Å². The van der Waals surface area contributed by atoms with Crippen LogP contribution in [0.2, 0.25) is 0 Å². The Hall–Kier alpha value is -0.450. The SMILES string of the molecule is Cc1csc(C(C)NC2CCOC(C(C)C)C2)n1. The van der Waals surface area contributed by atoms with E-state index >= 15 is 0 Å². The highest BCUT2D eigenvalue weighted by Crippen LogP contribution is 2.24. The third-order valence-corrected chi connectivity index (χ3v) is 4.70. The highest BCUT2D eigenvalue weighted by molar-refractivity contribution is 7.09. The van der Waals surface area contributed by atoms with Crippen LogP contribution in [-0.4, -0.2) is 23.7 Å². The Morgan fingerprint density at radius 3 is 2.83 bits per heavy atom. The largest absolute Gasteiger partial charge is 0.378 e. The van der Waals surface area contributed by atoms with Crippen LogP contribution < -0.4 is 5.32 Å². The van der Waals surface area contributed by atoms with E-state index in [1.165, 1.54) is 5.01 Å². The number of nitrogens with zero attached hydrogens (tertiary/aromatic N) is 1. The van der Waals surface area contributed by atoms with Crippen LogP contribution in [0.25, 0.3) is 0 Å². The van der Waals surface area contributed by atoms with Gasteiger partial charge in [-0.15, -0.1) is 11.3 Å². The molecule has 0 aliphatic carbocycles. The van der Waals surface area contributed by atoms with E-state index in [0.717, 1.165) is 25.1 Å². The van der Waals surface area contributed by atoms with E-state index in [4.69, 9.17) is 4.74 Å². The molecule has 0 aromatic carbocycles. The van der Waals surface area contributed by atoms with E-state index in [9.17, 15) is 0 Å². The second kappa shape index (κ2) is 6.13. The number of nitrogens with one attached hydrogen (secondary N) is 1. The molecule has 4 heteroatoms. The molecule has 2 rings (SSSR count). The molecule has 3 unspecified atom stereocenters. The lowest BCUT2D eigenvalue weighted by molar-refractivity contribution is -0.0257. The van der Waals surface area contributed by atoms with Gasteiger partial charge in [0.05, 0.1) is 12.1 Å². The van der Waals surface area contributed by atoms with Crippen molar-refractivity contribution in [1.82, 2.24) is 10.3 Å². The van der Waals surface area contributed by atoms with Crippen molar-refractivity contribution in [2.75, 3.05) is 6.61 Å². The molecular formula is C14H24N2OS. The Morgan fingerprint density at radius 1 is 1.44 bits per heavy atom. The van der Waals surface area contributed by atoms with E-state index in [0.29, 0.717) is 24.1 Å². The van der Waals surface area contributed by atoms with Crippen LogP contribution >= 0.6 is 11.3 Å². The van der Waals surface area contributed by atoms with Crippen molar-refractivity contribution in [2.45, 2.75) is 58.7 Å². The van der Waals surface area contributed by atoms with Gasteiger partial charge in [-0.1, -0.05) is 13.8 Å². The number of ether oxygens (including phenoxy) is 1. The summed E-state index contributed by atoms with van der Waals surface area (Å²) in [5.41, 5.74) is 1.12. The van der Waals surface area contributed by atoms with Crippen molar-refractivity contribution < 1.29 is 4.74 Å². The monoisotopic (exact) mass is 268 g/mol. The number of aryl methyl sites for hydroxylation is 1. The molecule has 0 radical (unpaired) electrons. The Bertz CT molecular complexity index is 378. The standard InChI is InChI=1S/C14H24N2OS/c1-9(2)13-7-12(5-6-17-13)16-11(4)14-15-10(3)8-18-14/h8-9,11-13,16H,5-7H2,1-4H3. The summed E-state index contributed by atoms with van der Waals surface area (Å²) in [7, 11) is 0. The van der Waals surface area contributed by atoms with E-state index in [-0.39, 0.29) is 0 Å². The lowest BCUT2D eigenvalue weighted by Gasteiger charge is -2.33. The zero-order valence-corrected chi connectivity index (χ0v) is 12.6. The molecule has 1 aliphatic rings. The Morgan fingerprint density at radius 2 is 2.22 bits per heavy atom. The molecule has 3 atom stereocenters. The first kappa shape index (κ1) is 14.0. The molecule has 1 saturated heterocycles. The zero-order chi connectivity index (χ0) is 13.1. The maximum absolute atomic E-state index is 5.81. The van der Waals surface area contributed by atoms with E-state index in [2.05, 4.69) is 43.4 Å². The third-order valence-electron chi connectivity index (χ3n) is 3.55. The van der Waals surface area contributed by atoms with Crippen molar-refractivity contribution in [2.24, 2.45) is 5.92 Å². The summed E-state index contributed by atoms with van der Waals surface area (Å²) in [5, 5.41) is 7.02. The lowest BCUT2D eigenvalue weighted by Crippen LogP contribution is -2.41. The molecule has 1 aromatic heterocycles. The quantitative estimate of drug-likeness (QED) is 0.909. The Kier molecular flexibility index (Phi) is 4.76. The average Bonchev–Trinajstić information content (AvgIpc) is 2.76. The minimum Gasteiger partial charge on any atom is -0.378 e. The van der Waals surface area contributed by atoms with E-state index < -0.39 is 0 Å². The fourth-order valence-corrected chi connectivity index (χ4v) is 3.25. The molecule has 102 valence electrons. The number of hydrogen-bond donors (Lipinski definition) is 1. The molecule has 2 heterocycles. The fraction of sp³-hybridized carbons (Fsp3) is 0.786. The molecule has 3 nitrogen and oxygen atoms in total. The van der Waals surface area contributed by atoms with Crippen molar-refractivity contribution >= 4 is 11.3 Å². The predicted molar refractivity (Wildman–Crippen MR) is 76.0 cm³/mol. The molecule has 1 aromatic rings. The van der Waals surface area contributed by atoms with Crippen LogP contribution in [0.3, 0.4) is 0 Å². The zero-order valence-electron chi connectivity index (χ0n) is 11.8. The molecule has 0 amide bonds. The second-order valence-corrected chi connectivity index (χ2v) is 6.48. The number of hydrogen-bond acceptors (Lipinski definition) is 4. The first-order chi connectivity index (χ1) is 8.56. The summed E-state index contributed by atoms with van der Waals surface area (Å²) < 4.78 is 5.81. The van der Waals surface area contributed by atoms with Crippen molar-refractivity contribution in [1.29, 1.82) is 0 Å². The normalized spacial score (nSPS) is 26.5. The van der Waals surface area contributed by atoms with Gasteiger partial charge < -0.3 is 10.1 Å². The van der Waals surface area contributed by atoms with Gasteiger partial charge in [-0.3, -0.25) is 0 Å². The minimum absolute atomic E-state index is 0.347. The lowest BCUT2D eigenvalue weighted by atomic mass is 9.95. The summed E-state index contributed by atoms with van der Waals surface area (Å²) >= 11 is 1.75. The number of thiazole rings is 1. The molecule has 0 bridgehead atoms. The average molecular weight is 268 g/mol. The first-order valence-electron chi connectivity index (χ1n) is 6.86. The fourth-order valence-electron chi connectivity index (χ4n) is 2.44. The Labute approximate surface area is 114 Å². The van der Waals surface area contributed by atoms with Crippen LogP contribution in [0.4, 0.5) is 0 Å². The molecule has 0 spiro atoms. The third kappa shape index (κ3) is 3.53. The van der Waals surface area contributed by atoms with Crippen molar-refractivity contribution in [3.63, 3.8) is 0 Å². The van der Waals surface area contributed by atoms with Crippen LogP contribution in [0.15, 0.2) is 5.38 Å². The van der Waals surface area contributed by atoms with Crippen molar-refractivity contribution in [3.8, 4) is 0 Å². The van der Waals surface area contributed by atoms with Gasteiger partial charge in [0.1, 0.15) is 5.01 Å². The highest BCUT2D eigenvalue weighted by atomic mass is 32.1. The van der Waals surface area contributed by atoms with Gasteiger partial charge in [-0.05, 0) is 32.6 Å². The smallest absolute Gasteiger partial charge is 0.110 e. The molecule has 18 heavy (non-hydrogen) atoms. The summed E-state index contributed by atoms with van der Waals surface area (Å²) in [6.07, 6.45) is 2.63. The van der Waals surface area contributed by atoms with Crippen molar-refractivity contribution in [3.05, 3.63) is 16.1 Å². The summed E-state index contributed by atoms with van der Waals surface area (Å²) in [6.45, 7) is 9.61. The van der Waals surface area contributed by atoms with Gasteiger partial charge in [0.15, 0.2) is 0 Å². The van der Waals surface area contributed by atoms with E-state index in [1.54, 1.807) is 11.3 Å². The molecule has 1 N–H and O–H groups in total. The predicted octanol–water partition coefficient (Wildman–Crippen LogP) is 3.31. The van der Waals surface area contributed by atoms with Gasteiger partial charge in [0.2, 0.25) is 0 Å². The van der Waals surface area contributed by atoms with Crippen LogP contribution in [0, 0.1) is 12.8 Å². The van der Waals surface area contributed by atoms with Gasteiger partial charge in [-0.2, -0.15) is 0 Å². The Balaban J connectivity index is 1.89.